The molecular weight excluding hydrogens is 1490 g/mol. The van der Waals surface area contributed by atoms with Gasteiger partial charge in [0.2, 0.25) is 0 Å². The summed E-state index contributed by atoms with van der Waals surface area (Å²) in [5.74, 6) is 8.10. The van der Waals surface area contributed by atoms with Gasteiger partial charge in [0.15, 0.2) is 0 Å². The van der Waals surface area contributed by atoms with Gasteiger partial charge in [-0.2, -0.15) is 0 Å². The quantitative estimate of drug-likeness (QED) is 0.0551. The third-order valence-electron chi connectivity index (χ3n) is 23.9. The Balaban J connectivity index is 0.758. The van der Waals surface area contributed by atoms with Gasteiger partial charge in [0.05, 0.1) is 133 Å². The van der Waals surface area contributed by atoms with Gasteiger partial charge in [-0.05, 0) is 203 Å². The number of aromatic amines is 10. The van der Waals surface area contributed by atoms with E-state index >= 15 is 0 Å². The van der Waals surface area contributed by atoms with E-state index in [9.17, 15) is 0 Å². The van der Waals surface area contributed by atoms with E-state index in [-0.39, 0.29) is 0 Å². The van der Waals surface area contributed by atoms with Crippen LogP contribution in [0.4, 0.5) is 11.4 Å². The van der Waals surface area contributed by atoms with Crippen LogP contribution in [0.2, 0.25) is 0 Å². The van der Waals surface area contributed by atoms with Gasteiger partial charge >= 0.3 is 0 Å². The largest absolute Gasteiger partial charge is 0.342 e. The predicted molar refractivity (Wildman–Crippen MR) is 478 cm³/mol. The van der Waals surface area contributed by atoms with Gasteiger partial charge in [-0.1, -0.05) is 146 Å². The Kier molecular flexibility index (Phi) is 14.1. The first-order chi connectivity index (χ1) is 58.7. The second kappa shape index (κ2) is 25.2. The highest BCUT2D eigenvalue weighted by Crippen LogP contribution is 2.57. The topological polar surface area (TPSA) is 312 Å². The minimum atomic E-state index is 0.660. The lowest BCUT2D eigenvalue weighted by molar-refractivity contribution is 1.17. The summed E-state index contributed by atoms with van der Waals surface area (Å²) in [6, 6.07) is 79.1. The molecule has 13 aromatic carbocycles. The summed E-state index contributed by atoms with van der Waals surface area (Å²) in [6.07, 6.45) is 1.32. The molecule has 10 aromatic heterocycles. The maximum absolute atomic E-state index is 5.36. The summed E-state index contributed by atoms with van der Waals surface area (Å²) in [7, 11) is 0. The summed E-state index contributed by atoms with van der Waals surface area (Å²) in [5, 5.41) is 0. The zero-order valence-corrected chi connectivity index (χ0v) is 65.6. The molecule has 0 saturated heterocycles. The maximum atomic E-state index is 5.36. The highest BCUT2D eigenvalue weighted by Gasteiger charge is 2.32. The minimum Gasteiger partial charge on any atom is -0.342 e. The number of benzene rings is 13. The van der Waals surface area contributed by atoms with E-state index in [2.05, 4.69) is 268 Å². The molecule has 25 rings (SSSR count). The number of nitrogens with one attached hydrogen (secondary N) is 10. The first-order valence-corrected chi connectivity index (χ1v) is 40.1. The normalized spacial score (nSPS) is 12.9. The minimum absolute atomic E-state index is 0.660. The molecule has 0 bridgehead atoms. The second-order valence-electron chi connectivity index (χ2n) is 32.0. The van der Waals surface area contributed by atoms with Crippen molar-refractivity contribution in [2.45, 2.75) is 54.4 Å². The Hall–Kier alpha value is -16.1. The van der Waals surface area contributed by atoms with Crippen LogP contribution >= 0.6 is 0 Å². The number of aromatic nitrogens is 20. The fourth-order valence-corrected chi connectivity index (χ4v) is 18.4. The molecule has 0 fully saturated rings. The van der Waals surface area contributed by atoms with E-state index in [0.717, 1.165) is 303 Å². The monoisotopic (exact) mass is 1550 g/mol. The molecule has 2 aliphatic rings. The first kappa shape index (κ1) is 67.3. The Morgan fingerprint density at radius 3 is 0.583 bits per heavy atom. The molecule has 0 unspecified atom stereocenters. The molecule has 12 heterocycles. The van der Waals surface area contributed by atoms with Gasteiger partial charge in [-0.3, -0.25) is 9.98 Å². The molecule has 0 saturated carbocycles. The zero-order chi connectivity index (χ0) is 79.6. The van der Waals surface area contributed by atoms with Crippen LogP contribution < -0.4 is 0 Å². The van der Waals surface area contributed by atoms with Crippen molar-refractivity contribution in [1.29, 1.82) is 0 Å². The zero-order valence-electron chi connectivity index (χ0n) is 65.6. The Bertz CT molecular complexity index is 7330. The van der Waals surface area contributed by atoms with Gasteiger partial charge in [-0.15, -0.1) is 0 Å². The number of rotatable bonds is 12. The van der Waals surface area contributed by atoms with Crippen molar-refractivity contribution in [3.05, 3.63) is 276 Å². The molecule has 22 heteroatoms. The van der Waals surface area contributed by atoms with Gasteiger partial charge in [0.1, 0.15) is 58.2 Å². The number of hydrogen-bond donors (Lipinski definition) is 10. The lowest BCUT2D eigenvalue weighted by Gasteiger charge is -2.29. The van der Waals surface area contributed by atoms with Crippen LogP contribution in [0, 0.1) is 41.5 Å². The average molecular weight is 1550 g/mol. The molecule has 22 nitrogen and oxygen atoms in total. The van der Waals surface area contributed by atoms with Crippen LogP contribution in [0.3, 0.4) is 0 Å². The number of H-pyrrole nitrogens is 10. The van der Waals surface area contributed by atoms with E-state index in [1.807, 2.05) is 41.5 Å². The van der Waals surface area contributed by atoms with Crippen LogP contribution in [-0.2, 0) is 12.8 Å². The maximum Gasteiger partial charge on any atom is 0.138 e. The lowest BCUT2D eigenvalue weighted by Crippen LogP contribution is -2.04. The van der Waals surface area contributed by atoms with Crippen LogP contribution in [0.5, 0.6) is 0 Å². The van der Waals surface area contributed by atoms with Gasteiger partial charge in [-0.25, -0.2) is 49.8 Å². The summed E-state index contributed by atoms with van der Waals surface area (Å²) < 4.78 is 0. The molecule has 0 radical (unpaired) electrons. The van der Waals surface area contributed by atoms with Gasteiger partial charge in [0.25, 0.3) is 0 Å². The Labute approximate surface area is 681 Å². The first-order valence-electron chi connectivity index (χ1n) is 40.1. The molecular formula is C98H68N22. The molecule has 0 atom stereocenters. The molecule has 0 aliphatic carbocycles. The van der Waals surface area contributed by atoms with E-state index in [1.54, 1.807) is 0 Å². The molecule has 2 aliphatic heterocycles. The van der Waals surface area contributed by atoms with Crippen LogP contribution in [0.1, 0.15) is 57.2 Å². The van der Waals surface area contributed by atoms with Crippen molar-refractivity contribution in [2.75, 3.05) is 0 Å². The van der Waals surface area contributed by atoms with Crippen LogP contribution in [0.25, 0.3) is 223 Å². The van der Waals surface area contributed by atoms with E-state index in [0.29, 0.717) is 12.8 Å². The summed E-state index contributed by atoms with van der Waals surface area (Å²) in [4.78, 5) is 95.9. The smallest absolute Gasteiger partial charge is 0.138 e. The lowest BCUT2D eigenvalue weighted by atomic mass is 9.73. The fraction of sp³-hybridized carbons (Fsp3) is 0.0816. The Morgan fingerprint density at radius 1 is 0.183 bits per heavy atom. The number of nitrogens with zero attached hydrogens (tertiary/aromatic N) is 12. The standard InChI is InChI=1S/C98H68N22/c1-45-99-69-33-63-31-65(111-67(63)35-71(69)101-45)51-7-11-53(12-8-51)89-91(55-15-23-59(24-16-55)95-113-81-37-73-74(38-82(81)114-95)104-47(3)103-73)93(57-19-27-61(28-20-57)97-117-85-41-77-78(42-86(85)118-97)108-49(5)107-77)90(54-13-9-52(10-14-54)66-32-64-34-70-72(36-68(64)112-66)102-46(2)100-70)94(58-21-29-62(30-22-58)98-119-87-43-79-80(44-88(87)120-98)110-50(6)109-79)92(89)56-17-25-60(26-18-56)96-115-83-39-75-76(40-84(83)116-96)106-48(4)105-75/h7-30,33-44H,31-32H2,1-6H3,(H,99,101)(H,100,102)(H,103,104)(H,105,106)(H,107,108)(H,109,110)(H,113,114)(H,115,116)(H,117,118)(H,119,120). The number of aliphatic imine (C=N–C) groups is 2. The van der Waals surface area contributed by atoms with Crippen molar-refractivity contribution in [1.82, 2.24) is 99.7 Å². The van der Waals surface area contributed by atoms with Crippen molar-refractivity contribution in [3.8, 4) is 112 Å². The van der Waals surface area contributed by atoms with Crippen molar-refractivity contribution >= 4 is 133 Å². The third-order valence-corrected chi connectivity index (χ3v) is 23.9. The summed E-state index contributed by atoms with van der Waals surface area (Å²) >= 11 is 0. The SMILES string of the molecule is Cc1nc2cc3c(cc2[nH]1)N=C(c1ccc(-c2c(-c4ccc(-c5nc6cc7[nH]c(C)nc7cc6[nH]5)cc4)c(-c4ccc(-c5nc6cc7[nH]c(C)nc7cc6[nH]5)cc4)c(-c4ccc(C5=Nc6cc7[nH]c(C)nc7cc6C5)cc4)c(-c4ccc(-c5nc6cc7[nH]c(C)nc7cc6[nH]5)cc4)c2-c2ccc(-c4nc5cc6[nH]c(C)nc6cc5[nH]4)cc2)cc1)C3. The predicted octanol–water partition coefficient (Wildman–Crippen LogP) is 22.3. The molecule has 120 heavy (non-hydrogen) atoms. The van der Waals surface area contributed by atoms with Crippen LogP contribution in [-0.4, -0.2) is 111 Å². The average Bonchev–Trinajstić information content (AvgIpc) is 0.849. The van der Waals surface area contributed by atoms with E-state index in [4.69, 9.17) is 59.8 Å². The molecule has 570 valence electrons. The molecule has 10 N–H and O–H groups in total. The van der Waals surface area contributed by atoms with Crippen molar-refractivity contribution in [3.63, 3.8) is 0 Å². The summed E-state index contributed by atoms with van der Waals surface area (Å²) in [6.45, 7) is 11.9. The number of imidazole rings is 10. The second-order valence-corrected chi connectivity index (χ2v) is 32.0. The molecule has 0 amide bonds. The fourth-order valence-electron chi connectivity index (χ4n) is 18.4. The van der Waals surface area contributed by atoms with Crippen LogP contribution in [0.15, 0.2) is 228 Å². The number of fused-ring (bicyclic) bond motifs is 12. The Morgan fingerprint density at radius 2 is 0.358 bits per heavy atom. The third kappa shape index (κ3) is 10.9. The summed E-state index contributed by atoms with van der Waals surface area (Å²) in [5.41, 5.74) is 41.7. The van der Waals surface area contributed by atoms with Gasteiger partial charge < -0.3 is 49.8 Å². The van der Waals surface area contributed by atoms with Gasteiger partial charge in [0, 0.05) is 35.1 Å². The molecule has 0 spiro atoms. The van der Waals surface area contributed by atoms with Crippen molar-refractivity contribution in [2.24, 2.45) is 9.98 Å². The molecule has 23 aromatic rings. The highest BCUT2D eigenvalue weighted by molar-refractivity contribution is 6.17. The highest BCUT2D eigenvalue weighted by atomic mass is 15.0. The van der Waals surface area contributed by atoms with E-state index in [1.165, 1.54) is 0 Å². The number of aryl methyl sites for hydroxylation is 6. The van der Waals surface area contributed by atoms with E-state index < -0.39 is 0 Å². The number of hydrogen-bond acceptors (Lipinski definition) is 12. The van der Waals surface area contributed by atoms with Crippen molar-refractivity contribution < 1.29 is 0 Å².